The number of pyridine rings is 1. The van der Waals surface area contributed by atoms with E-state index in [-0.39, 0.29) is 5.91 Å². The van der Waals surface area contributed by atoms with E-state index in [0.29, 0.717) is 6.42 Å². The second kappa shape index (κ2) is 4.84. The van der Waals surface area contributed by atoms with Crippen LogP contribution in [0.5, 0.6) is 0 Å². The van der Waals surface area contributed by atoms with Crippen molar-refractivity contribution in [2.75, 3.05) is 13.1 Å². The third-order valence-electron chi connectivity index (χ3n) is 3.65. The summed E-state index contributed by atoms with van der Waals surface area (Å²) in [7, 11) is 0. The Morgan fingerprint density at radius 3 is 2.65 bits per heavy atom. The van der Waals surface area contributed by atoms with Crippen molar-refractivity contribution in [2.45, 2.75) is 31.7 Å². The average Bonchev–Trinajstić information content (AvgIpc) is 2.86. The predicted octanol–water partition coefficient (Wildman–Crippen LogP) is 1.27. The summed E-state index contributed by atoms with van der Waals surface area (Å²) in [6, 6.07) is 5.66. The van der Waals surface area contributed by atoms with Crippen LogP contribution in [-0.4, -0.2) is 28.9 Å². The zero-order chi connectivity index (χ0) is 12.3. The molecule has 2 rings (SSSR count). The van der Waals surface area contributed by atoms with Gasteiger partial charge >= 0.3 is 0 Å². The van der Waals surface area contributed by atoms with Gasteiger partial charge in [0.25, 0.3) is 0 Å². The Bertz CT molecular complexity index is 387. The molecule has 0 spiro atoms. The van der Waals surface area contributed by atoms with Gasteiger partial charge in [-0.25, -0.2) is 0 Å². The minimum Gasteiger partial charge on any atom is -0.368 e. The highest BCUT2D eigenvalue weighted by Crippen LogP contribution is 2.33. The molecule has 0 aliphatic carbocycles. The summed E-state index contributed by atoms with van der Waals surface area (Å²) in [6.45, 7) is 3.85. The first-order chi connectivity index (χ1) is 8.21. The van der Waals surface area contributed by atoms with Crippen molar-refractivity contribution < 1.29 is 4.79 Å². The molecule has 92 valence electrons. The molecule has 0 saturated carbocycles. The molecule has 1 fully saturated rings. The van der Waals surface area contributed by atoms with Gasteiger partial charge in [0, 0.05) is 6.20 Å². The quantitative estimate of drug-likeness (QED) is 0.852. The van der Waals surface area contributed by atoms with E-state index in [1.165, 1.54) is 0 Å². The van der Waals surface area contributed by atoms with E-state index >= 15 is 0 Å². The minimum absolute atomic E-state index is 0.291. The fourth-order valence-corrected chi connectivity index (χ4v) is 2.73. The Morgan fingerprint density at radius 1 is 1.47 bits per heavy atom. The number of nitrogens with zero attached hydrogens (tertiary/aromatic N) is 2. The van der Waals surface area contributed by atoms with Gasteiger partial charge in [-0.2, -0.15) is 0 Å². The maximum atomic E-state index is 12.0. The first-order valence-electron chi connectivity index (χ1n) is 6.18. The van der Waals surface area contributed by atoms with Crippen LogP contribution in [0, 0.1) is 0 Å². The number of primary amides is 1. The number of hydrogen-bond acceptors (Lipinski definition) is 3. The van der Waals surface area contributed by atoms with Gasteiger partial charge in [0.2, 0.25) is 5.91 Å². The number of rotatable bonds is 4. The molecule has 1 aliphatic heterocycles. The topological polar surface area (TPSA) is 59.2 Å². The van der Waals surface area contributed by atoms with Crippen LogP contribution in [0.3, 0.4) is 0 Å². The molecule has 1 atom stereocenters. The summed E-state index contributed by atoms with van der Waals surface area (Å²) in [5.74, 6) is -0.291. The Kier molecular flexibility index (Phi) is 3.43. The lowest BCUT2D eigenvalue weighted by Crippen LogP contribution is -2.54. The molecule has 1 saturated heterocycles. The number of nitrogens with two attached hydrogens (primary N) is 1. The van der Waals surface area contributed by atoms with E-state index < -0.39 is 5.54 Å². The number of carbonyl (C=O) groups is 1. The van der Waals surface area contributed by atoms with Gasteiger partial charge in [0.15, 0.2) is 0 Å². The van der Waals surface area contributed by atoms with Crippen LogP contribution in [0.4, 0.5) is 0 Å². The van der Waals surface area contributed by atoms with Crippen molar-refractivity contribution in [2.24, 2.45) is 5.73 Å². The second-order valence-electron chi connectivity index (χ2n) is 4.49. The largest absolute Gasteiger partial charge is 0.368 e. The lowest BCUT2D eigenvalue weighted by atomic mass is 9.88. The molecule has 1 amide bonds. The highest BCUT2D eigenvalue weighted by molar-refractivity contribution is 5.85. The van der Waals surface area contributed by atoms with Crippen molar-refractivity contribution in [3.63, 3.8) is 0 Å². The number of aromatic nitrogens is 1. The highest BCUT2D eigenvalue weighted by atomic mass is 16.1. The Hall–Kier alpha value is -1.42. The molecule has 2 heterocycles. The Morgan fingerprint density at radius 2 is 2.18 bits per heavy atom. The zero-order valence-corrected chi connectivity index (χ0v) is 10.2. The van der Waals surface area contributed by atoms with Gasteiger partial charge in [-0.15, -0.1) is 0 Å². The van der Waals surface area contributed by atoms with Gasteiger partial charge in [0.05, 0.1) is 5.69 Å². The number of amides is 1. The molecule has 1 unspecified atom stereocenters. The SMILES string of the molecule is CCC(C(N)=O)(c1ccccn1)N1CCCC1. The monoisotopic (exact) mass is 233 g/mol. The van der Waals surface area contributed by atoms with Crippen LogP contribution in [0.15, 0.2) is 24.4 Å². The molecule has 0 bridgehead atoms. The van der Waals surface area contributed by atoms with Crippen molar-refractivity contribution >= 4 is 5.91 Å². The van der Waals surface area contributed by atoms with Crippen LogP contribution >= 0.6 is 0 Å². The zero-order valence-electron chi connectivity index (χ0n) is 10.2. The summed E-state index contributed by atoms with van der Waals surface area (Å²) in [6.07, 6.45) is 4.64. The summed E-state index contributed by atoms with van der Waals surface area (Å²) in [4.78, 5) is 18.5. The van der Waals surface area contributed by atoms with Crippen LogP contribution in [-0.2, 0) is 10.3 Å². The molecular weight excluding hydrogens is 214 g/mol. The lowest BCUT2D eigenvalue weighted by Gasteiger charge is -2.37. The first-order valence-corrected chi connectivity index (χ1v) is 6.18. The summed E-state index contributed by atoms with van der Waals surface area (Å²) < 4.78 is 0. The molecule has 0 radical (unpaired) electrons. The first kappa shape index (κ1) is 12.0. The van der Waals surface area contributed by atoms with Gasteiger partial charge in [-0.05, 0) is 44.5 Å². The van der Waals surface area contributed by atoms with Crippen LogP contribution in [0.1, 0.15) is 31.9 Å². The Balaban J connectivity index is 2.45. The van der Waals surface area contributed by atoms with Crippen molar-refractivity contribution in [1.82, 2.24) is 9.88 Å². The highest BCUT2D eigenvalue weighted by Gasteiger charge is 2.44. The summed E-state index contributed by atoms with van der Waals surface area (Å²) in [5, 5.41) is 0. The molecule has 4 heteroatoms. The van der Waals surface area contributed by atoms with Gasteiger partial charge < -0.3 is 5.73 Å². The maximum Gasteiger partial charge on any atom is 0.244 e. The third kappa shape index (κ3) is 1.93. The van der Waals surface area contributed by atoms with Gasteiger partial charge in [0.1, 0.15) is 5.54 Å². The second-order valence-corrected chi connectivity index (χ2v) is 4.49. The lowest BCUT2D eigenvalue weighted by molar-refractivity contribution is -0.131. The predicted molar refractivity (Wildman–Crippen MR) is 66.2 cm³/mol. The molecule has 2 N–H and O–H groups in total. The molecule has 1 aliphatic rings. The van der Waals surface area contributed by atoms with E-state index in [0.717, 1.165) is 31.6 Å². The van der Waals surface area contributed by atoms with E-state index in [4.69, 9.17) is 5.73 Å². The van der Waals surface area contributed by atoms with Crippen LogP contribution in [0.2, 0.25) is 0 Å². The number of hydrogen-bond donors (Lipinski definition) is 1. The van der Waals surface area contributed by atoms with Crippen LogP contribution in [0.25, 0.3) is 0 Å². The van der Waals surface area contributed by atoms with E-state index in [1.54, 1.807) is 6.20 Å². The smallest absolute Gasteiger partial charge is 0.244 e. The fraction of sp³-hybridized carbons (Fsp3) is 0.538. The van der Waals surface area contributed by atoms with E-state index in [2.05, 4.69) is 9.88 Å². The van der Waals surface area contributed by atoms with E-state index in [1.807, 2.05) is 25.1 Å². The molecular formula is C13H19N3O. The molecule has 4 nitrogen and oxygen atoms in total. The Labute approximate surface area is 102 Å². The molecule has 1 aromatic heterocycles. The maximum absolute atomic E-state index is 12.0. The van der Waals surface area contributed by atoms with E-state index in [9.17, 15) is 4.79 Å². The minimum atomic E-state index is -0.724. The van der Waals surface area contributed by atoms with Gasteiger partial charge in [-0.3, -0.25) is 14.7 Å². The normalized spacial score (nSPS) is 20.1. The summed E-state index contributed by atoms with van der Waals surface area (Å²) in [5.41, 5.74) is 5.72. The van der Waals surface area contributed by atoms with Crippen molar-refractivity contribution in [3.05, 3.63) is 30.1 Å². The number of likely N-dealkylation sites (tertiary alicyclic amines) is 1. The van der Waals surface area contributed by atoms with Crippen molar-refractivity contribution in [1.29, 1.82) is 0 Å². The third-order valence-corrected chi connectivity index (χ3v) is 3.65. The van der Waals surface area contributed by atoms with Gasteiger partial charge in [-0.1, -0.05) is 13.0 Å². The number of carbonyl (C=O) groups excluding carboxylic acids is 1. The summed E-state index contributed by atoms with van der Waals surface area (Å²) >= 11 is 0. The standard InChI is InChI=1S/C13H19N3O/c1-2-13(12(14)17,16-9-5-6-10-16)11-7-3-4-8-15-11/h3-4,7-8H,2,5-6,9-10H2,1H3,(H2,14,17). The molecule has 17 heavy (non-hydrogen) atoms. The van der Waals surface area contributed by atoms with Crippen molar-refractivity contribution in [3.8, 4) is 0 Å². The molecule has 0 aromatic carbocycles. The van der Waals surface area contributed by atoms with Crippen LogP contribution < -0.4 is 5.73 Å². The molecule has 1 aromatic rings. The average molecular weight is 233 g/mol. The fourth-order valence-electron chi connectivity index (χ4n) is 2.73.